The quantitative estimate of drug-likeness (QED) is 0.863. The molecule has 19 heavy (non-hydrogen) atoms. The van der Waals surface area contributed by atoms with Crippen molar-refractivity contribution < 1.29 is 13.6 Å². The molecule has 1 aromatic carbocycles. The van der Waals surface area contributed by atoms with E-state index in [-0.39, 0.29) is 12.1 Å². The standard InChI is InChI=1S/C14H20F2N2O/c1-9(2)7-14(3,8-17)18-13(19)11-6-10(15)4-5-12(11)16/h4-6,9H,7-8,17H2,1-3H3,(H,18,19). The number of halogens is 2. The van der Waals surface area contributed by atoms with Gasteiger partial charge in [0.25, 0.3) is 5.91 Å². The van der Waals surface area contributed by atoms with E-state index in [1.807, 2.05) is 13.8 Å². The summed E-state index contributed by atoms with van der Waals surface area (Å²) in [7, 11) is 0. The van der Waals surface area contributed by atoms with Gasteiger partial charge in [0.15, 0.2) is 0 Å². The minimum absolute atomic E-state index is 0.230. The molecule has 0 aliphatic carbocycles. The summed E-state index contributed by atoms with van der Waals surface area (Å²) in [4.78, 5) is 12.0. The molecule has 0 bridgehead atoms. The summed E-state index contributed by atoms with van der Waals surface area (Å²) in [6, 6.07) is 2.80. The highest BCUT2D eigenvalue weighted by Gasteiger charge is 2.27. The zero-order valence-corrected chi connectivity index (χ0v) is 11.5. The molecule has 0 aromatic heterocycles. The first-order chi connectivity index (χ1) is 8.77. The van der Waals surface area contributed by atoms with E-state index in [9.17, 15) is 13.6 Å². The summed E-state index contributed by atoms with van der Waals surface area (Å²) in [5, 5.41) is 2.69. The molecule has 1 atom stereocenters. The summed E-state index contributed by atoms with van der Waals surface area (Å²) in [5.41, 5.74) is 4.73. The Labute approximate surface area is 112 Å². The van der Waals surface area contributed by atoms with E-state index in [0.717, 1.165) is 18.2 Å². The Balaban J connectivity index is 2.91. The van der Waals surface area contributed by atoms with Crippen molar-refractivity contribution in [2.45, 2.75) is 32.7 Å². The summed E-state index contributed by atoms with van der Waals surface area (Å²) in [6.45, 7) is 6.03. The van der Waals surface area contributed by atoms with Crippen LogP contribution in [0.1, 0.15) is 37.6 Å². The van der Waals surface area contributed by atoms with Gasteiger partial charge in [-0.05, 0) is 37.5 Å². The number of rotatable bonds is 5. The van der Waals surface area contributed by atoms with Gasteiger partial charge in [-0.3, -0.25) is 4.79 Å². The lowest BCUT2D eigenvalue weighted by Crippen LogP contribution is -2.52. The number of amides is 1. The molecule has 1 aromatic rings. The summed E-state index contributed by atoms with van der Waals surface area (Å²) >= 11 is 0. The predicted octanol–water partition coefficient (Wildman–Crippen LogP) is 2.46. The van der Waals surface area contributed by atoms with Crippen molar-refractivity contribution in [2.24, 2.45) is 11.7 Å². The third-order valence-corrected chi connectivity index (χ3v) is 2.90. The van der Waals surface area contributed by atoms with Crippen molar-refractivity contribution in [3.05, 3.63) is 35.4 Å². The normalized spacial score (nSPS) is 14.3. The molecule has 1 rings (SSSR count). The van der Waals surface area contributed by atoms with Crippen molar-refractivity contribution in [2.75, 3.05) is 6.54 Å². The molecule has 0 heterocycles. The number of hydrogen-bond acceptors (Lipinski definition) is 2. The highest BCUT2D eigenvalue weighted by Crippen LogP contribution is 2.17. The molecule has 0 aliphatic rings. The maximum absolute atomic E-state index is 13.5. The van der Waals surface area contributed by atoms with Gasteiger partial charge in [0, 0.05) is 12.1 Å². The van der Waals surface area contributed by atoms with Crippen LogP contribution in [-0.4, -0.2) is 18.0 Å². The Morgan fingerprint density at radius 1 is 1.42 bits per heavy atom. The van der Waals surface area contributed by atoms with Gasteiger partial charge in [-0.2, -0.15) is 0 Å². The Hall–Kier alpha value is -1.49. The molecular formula is C14H20F2N2O. The first kappa shape index (κ1) is 15.6. The van der Waals surface area contributed by atoms with E-state index in [4.69, 9.17) is 5.73 Å². The highest BCUT2D eigenvalue weighted by molar-refractivity contribution is 5.95. The average Bonchev–Trinajstić information content (AvgIpc) is 2.31. The number of nitrogens with one attached hydrogen (secondary N) is 1. The molecular weight excluding hydrogens is 250 g/mol. The number of nitrogens with two attached hydrogens (primary N) is 1. The maximum atomic E-state index is 13.5. The van der Waals surface area contributed by atoms with Gasteiger partial charge in [0.1, 0.15) is 11.6 Å². The molecule has 1 amide bonds. The SMILES string of the molecule is CC(C)CC(C)(CN)NC(=O)c1cc(F)ccc1F. The Kier molecular flexibility index (Phi) is 5.00. The third-order valence-electron chi connectivity index (χ3n) is 2.90. The van der Waals surface area contributed by atoms with Crippen LogP contribution in [0, 0.1) is 17.6 Å². The molecule has 0 saturated carbocycles. The highest BCUT2D eigenvalue weighted by atomic mass is 19.1. The molecule has 0 radical (unpaired) electrons. The Morgan fingerprint density at radius 2 is 2.05 bits per heavy atom. The lowest BCUT2D eigenvalue weighted by molar-refractivity contribution is 0.0893. The molecule has 0 saturated heterocycles. The van der Waals surface area contributed by atoms with Crippen LogP contribution in [0.2, 0.25) is 0 Å². The smallest absolute Gasteiger partial charge is 0.254 e. The molecule has 0 fully saturated rings. The molecule has 0 aliphatic heterocycles. The van der Waals surface area contributed by atoms with Crippen LogP contribution in [-0.2, 0) is 0 Å². The molecule has 106 valence electrons. The fourth-order valence-electron chi connectivity index (χ4n) is 2.10. The van der Waals surface area contributed by atoms with Gasteiger partial charge in [0.2, 0.25) is 0 Å². The molecule has 0 spiro atoms. The number of carbonyl (C=O) groups excluding carboxylic acids is 1. The zero-order valence-electron chi connectivity index (χ0n) is 11.5. The van der Waals surface area contributed by atoms with Gasteiger partial charge in [-0.25, -0.2) is 8.78 Å². The van der Waals surface area contributed by atoms with Crippen LogP contribution in [0.15, 0.2) is 18.2 Å². The average molecular weight is 270 g/mol. The summed E-state index contributed by atoms with van der Waals surface area (Å²) in [5.74, 6) is -1.72. The van der Waals surface area contributed by atoms with Crippen molar-refractivity contribution >= 4 is 5.91 Å². The van der Waals surface area contributed by atoms with E-state index in [1.54, 1.807) is 6.92 Å². The summed E-state index contributed by atoms with van der Waals surface area (Å²) in [6.07, 6.45) is 0.659. The van der Waals surface area contributed by atoms with Gasteiger partial charge < -0.3 is 11.1 Å². The maximum Gasteiger partial charge on any atom is 0.254 e. The Bertz CT molecular complexity index is 463. The van der Waals surface area contributed by atoms with Crippen molar-refractivity contribution in [3.63, 3.8) is 0 Å². The largest absolute Gasteiger partial charge is 0.346 e. The van der Waals surface area contributed by atoms with E-state index in [1.165, 1.54) is 0 Å². The van der Waals surface area contributed by atoms with Crippen LogP contribution >= 0.6 is 0 Å². The third kappa shape index (κ3) is 4.28. The van der Waals surface area contributed by atoms with Gasteiger partial charge in [0.05, 0.1) is 5.56 Å². The van der Waals surface area contributed by atoms with E-state index < -0.39 is 23.1 Å². The minimum atomic E-state index is -0.747. The van der Waals surface area contributed by atoms with Crippen molar-refractivity contribution in [1.82, 2.24) is 5.32 Å². The minimum Gasteiger partial charge on any atom is -0.346 e. The predicted molar refractivity (Wildman–Crippen MR) is 70.7 cm³/mol. The van der Waals surface area contributed by atoms with Gasteiger partial charge in [-0.1, -0.05) is 13.8 Å². The zero-order chi connectivity index (χ0) is 14.6. The number of carbonyl (C=O) groups is 1. The lowest BCUT2D eigenvalue weighted by atomic mass is 9.90. The van der Waals surface area contributed by atoms with Crippen LogP contribution in [0.4, 0.5) is 8.78 Å². The first-order valence-electron chi connectivity index (χ1n) is 6.25. The fourth-order valence-corrected chi connectivity index (χ4v) is 2.10. The second kappa shape index (κ2) is 6.10. The monoisotopic (exact) mass is 270 g/mol. The molecule has 5 heteroatoms. The van der Waals surface area contributed by atoms with Gasteiger partial charge in [-0.15, -0.1) is 0 Å². The van der Waals surface area contributed by atoms with E-state index in [0.29, 0.717) is 12.3 Å². The van der Waals surface area contributed by atoms with Crippen LogP contribution in [0.3, 0.4) is 0 Å². The van der Waals surface area contributed by atoms with Crippen LogP contribution in [0.25, 0.3) is 0 Å². The van der Waals surface area contributed by atoms with Crippen LogP contribution in [0.5, 0.6) is 0 Å². The molecule has 1 unspecified atom stereocenters. The van der Waals surface area contributed by atoms with E-state index in [2.05, 4.69) is 5.32 Å². The molecule has 3 nitrogen and oxygen atoms in total. The second-order valence-corrected chi connectivity index (χ2v) is 5.44. The van der Waals surface area contributed by atoms with Gasteiger partial charge >= 0.3 is 0 Å². The van der Waals surface area contributed by atoms with Crippen LogP contribution < -0.4 is 11.1 Å². The van der Waals surface area contributed by atoms with E-state index >= 15 is 0 Å². The van der Waals surface area contributed by atoms with Crippen molar-refractivity contribution in [1.29, 1.82) is 0 Å². The first-order valence-corrected chi connectivity index (χ1v) is 6.25. The second-order valence-electron chi connectivity index (χ2n) is 5.44. The number of benzene rings is 1. The lowest BCUT2D eigenvalue weighted by Gasteiger charge is -2.31. The van der Waals surface area contributed by atoms with Crippen molar-refractivity contribution in [3.8, 4) is 0 Å². The Morgan fingerprint density at radius 3 is 2.58 bits per heavy atom. The number of hydrogen-bond donors (Lipinski definition) is 2. The summed E-state index contributed by atoms with van der Waals surface area (Å²) < 4.78 is 26.6. The topological polar surface area (TPSA) is 55.1 Å². The fraction of sp³-hybridized carbons (Fsp3) is 0.500. The molecule has 3 N–H and O–H groups in total.